The minimum absolute atomic E-state index is 0.147. The number of aromatic nitrogens is 1. The highest BCUT2D eigenvalue weighted by molar-refractivity contribution is 7.09. The molecule has 0 amide bonds. The van der Waals surface area contributed by atoms with Crippen molar-refractivity contribution >= 4 is 11.3 Å². The van der Waals surface area contributed by atoms with Gasteiger partial charge in [-0.1, -0.05) is 0 Å². The van der Waals surface area contributed by atoms with Crippen molar-refractivity contribution in [2.24, 2.45) is 0 Å². The fourth-order valence-corrected chi connectivity index (χ4v) is 1.97. The molecule has 0 radical (unpaired) electrons. The molecular weight excluding hydrogens is 186 g/mol. The van der Waals surface area contributed by atoms with Crippen LogP contribution in [0.4, 0.5) is 0 Å². The number of aliphatic hydroxyl groups excluding tert-OH is 2. The van der Waals surface area contributed by atoms with Crippen molar-refractivity contribution in [2.75, 3.05) is 6.61 Å². The van der Waals surface area contributed by atoms with E-state index in [0.717, 1.165) is 10.7 Å². The number of aryl methyl sites for hydroxylation is 1. The van der Waals surface area contributed by atoms with Crippen LogP contribution in [0.2, 0.25) is 0 Å². The molecule has 1 unspecified atom stereocenters. The highest BCUT2D eigenvalue weighted by Gasteiger charge is 2.07. The Labute approximate surface area is 82.1 Å². The van der Waals surface area contributed by atoms with Crippen LogP contribution in [0.25, 0.3) is 0 Å². The smallest absolute Gasteiger partial charge is 0.0953 e. The SMILES string of the molecule is Cc1csc(CC(O)CCCO)n1. The van der Waals surface area contributed by atoms with Crippen molar-refractivity contribution < 1.29 is 10.2 Å². The molecule has 1 atom stereocenters. The number of hydrogen-bond acceptors (Lipinski definition) is 4. The summed E-state index contributed by atoms with van der Waals surface area (Å²) in [7, 11) is 0. The van der Waals surface area contributed by atoms with Crippen molar-refractivity contribution in [3.8, 4) is 0 Å². The fourth-order valence-electron chi connectivity index (χ4n) is 1.13. The standard InChI is InChI=1S/C9H15NO2S/c1-7-6-13-9(10-7)5-8(12)3-2-4-11/h6,8,11-12H,2-5H2,1H3. The predicted octanol–water partition coefficient (Wildman–Crippen LogP) is 1.13. The Morgan fingerprint density at radius 2 is 2.38 bits per heavy atom. The van der Waals surface area contributed by atoms with Crippen LogP contribution in [0.5, 0.6) is 0 Å². The third kappa shape index (κ3) is 3.85. The summed E-state index contributed by atoms with van der Waals surface area (Å²) < 4.78 is 0. The number of thiazole rings is 1. The van der Waals surface area contributed by atoms with Crippen LogP contribution in [0.1, 0.15) is 23.5 Å². The van der Waals surface area contributed by atoms with Crippen LogP contribution in [-0.4, -0.2) is 27.9 Å². The van der Waals surface area contributed by atoms with Crippen molar-refractivity contribution in [2.45, 2.75) is 32.3 Å². The molecule has 0 bridgehead atoms. The molecule has 1 aromatic heterocycles. The fraction of sp³-hybridized carbons (Fsp3) is 0.667. The second-order valence-electron chi connectivity index (χ2n) is 3.11. The van der Waals surface area contributed by atoms with Crippen molar-refractivity contribution in [1.82, 2.24) is 4.98 Å². The van der Waals surface area contributed by atoms with Gasteiger partial charge < -0.3 is 10.2 Å². The largest absolute Gasteiger partial charge is 0.396 e. The topological polar surface area (TPSA) is 53.4 Å². The summed E-state index contributed by atoms with van der Waals surface area (Å²) >= 11 is 1.58. The zero-order valence-corrected chi connectivity index (χ0v) is 8.55. The first kappa shape index (κ1) is 10.6. The van der Waals surface area contributed by atoms with Crippen LogP contribution in [-0.2, 0) is 6.42 Å². The van der Waals surface area contributed by atoms with Gasteiger partial charge in [-0.05, 0) is 19.8 Å². The van der Waals surface area contributed by atoms with Crippen LogP contribution in [0.15, 0.2) is 5.38 Å². The zero-order chi connectivity index (χ0) is 9.68. The average Bonchev–Trinajstić information content (AvgIpc) is 2.48. The summed E-state index contributed by atoms with van der Waals surface area (Å²) in [6, 6.07) is 0. The van der Waals surface area contributed by atoms with Crippen molar-refractivity contribution in [3.05, 3.63) is 16.1 Å². The Kier molecular flexibility index (Phi) is 4.35. The Balaban J connectivity index is 2.31. The third-order valence-corrected chi connectivity index (χ3v) is 2.76. The second kappa shape index (κ2) is 5.32. The predicted molar refractivity (Wildman–Crippen MR) is 52.9 cm³/mol. The summed E-state index contributed by atoms with van der Waals surface area (Å²) in [6.07, 6.45) is 1.55. The Hall–Kier alpha value is -0.450. The summed E-state index contributed by atoms with van der Waals surface area (Å²) in [6.45, 7) is 2.09. The maximum atomic E-state index is 9.50. The molecule has 0 spiro atoms. The van der Waals surface area contributed by atoms with E-state index in [-0.39, 0.29) is 12.7 Å². The van der Waals surface area contributed by atoms with Crippen LogP contribution < -0.4 is 0 Å². The van der Waals surface area contributed by atoms with Gasteiger partial charge >= 0.3 is 0 Å². The van der Waals surface area contributed by atoms with Gasteiger partial charge in [0.25, 0.3) is 0 Å². The van der Waals surface area contributed by atoms with Crippen molar-refractivity contribution in [3.63, 3.8) is 0 Å². The van der Waals surface area contributed by atoms with E-state index in [1.54, 1.807) is 11.3 Å². The Bertz CT molecular complexity index is 250. The lowest BCUT2D eigenvalue weighted by molar-refractivity contribution is 0.150. The van der Waals surface area contributed by atoms with Gasteiger partial charge in [-0.15, -0.1) is 11.3 Å². The monoisotopic (exact) mass is 201 g/mol. The summed E-state index contributed by atoms with van der Waals surface area (Å²) in [5.74, 6) is 0. The van der Waals surface area contributed by atoms with Gasteiger partial charge in [0.05, 0.1) is 11.1 Å². The first-order chi connectivity index (χ1) is 6.22. The lowest BCUT2D eigenvalue weighted by Gasteiger charge is -2.06. The van der Waals surface area contributed by atoms with E-state index in [1.807, 2.05) is 12.3 Å². The van der Waals surface area contributed by atoms with E-state index >= 15 is 0 Å². The molecule has 0 aromatic carbocycles. The van der Waals surface area contributed by atoms with Gasteiger partial charge in [0.1, 0.15) is 0 Å². The van der Waals surface area contributed by atoms with Gasteiger partial charge in [0, 0.05) is 24.1 Å². The average molecular weight is 201 g/mol. The molecule has 1 rings (SSSR count). The maximum Gasteiger partial charge on any atom is 0.0953 e. The highest BCUT2D eigenvalue weighted by atomic mass is 32.1. The quantitative estimate of drug-likeness (QED) is 0.750. The molecule has 0 aliphatic carbocycles. The van der Waals surface area contributed by atoms with Crippen molar-refractivity contribution in [1.29, 1.82) is 0 Å². The molecule has 0 saturated carbocycles. The van der Waals surface area contributed by atoms with Gasteiger partial charge in [0.2, 0.25) is 0 Å². The number of aliphatic hydroxyl groups is 2. The number of hydrogen-bond donors (Lipinski definition) is 2. The minimum Gasteiger partial charge on any atom is -0.396 e. The first-order valence-corrected chi connectivity index (χ1v) is 5.30. The van der Waals surface area contributed by atoms with Gasteiger partial charge in [-0.25, -0.2) is 4.98 Å². The van der Waals surface area contributed by atoms with Gasteiger partial charge in [0.15, 0.2) is 0 Å². The third-order valence-electron chi connectivity index (χ3n) is 1.77. The Morgan fingerprint density at radius 3 is 2.92 bits per heavy atom. The highest BCUT2D eigenvalue weighted by Crippen LogP contribution is 2.12. The normalized spacial score (nSPS) is 13.2. The lowest BCUT2D eigenvalue weighted by atomic mass is 10.1. The Morgan fingerprint density at radius 1 is 1.62 bits per heavy atom. The minimum atomic E-state index is -0.363. The first-order valence-electron chi connectivity index (χ1n) is 4.42. The molecule has 2 N–H and O–H groups in total. The molecule has 1 heterocycles. The molecule has 0 aliphatic heterocycles. The summed E-state index contributed by atoms with van der Waals surface area (Å²) in [4.78, 5) is 4.25. The van der Waals surface area contributed by atoms with E-state index in [2.05, 4.69) is 4.98 Å². The maximum absolute atomic E-state index is 9.50. The molecular formula is C9H15NO2S. The van der Waals surface area contributed by atoms with E-state index < -0.39 is 0 Å². The number of rotatable bonds is 5. The van der Waals surface area contributed by atoms with Crippen LogP contribution >= 0.6 is 11.3 Å². The van der Waals surface area contributed by atoms with Crippen LogP contribution in [0.3, 0.4) is 0 Å². The van der Waals surface area contributed by atoms with Crippen LogP contribution in [0, 0.1) is 6.92 Å². The van der Waals surface area contributed by atoms with Gasteiger partial charge in [-0.2, -0.15) is 0 Å². The second-order valence-corrected chi connectivity index (χ2v) is 4.05. The molecule has 3 nitrogen and oxygen atoms in total. The lowest BCUT2D eigenvalue weighted by Crippen LogP contribution is -2.10. The van der Waals surface area contributed by atoms with Gasteiger partial charge in [-0.3, -0.25) is 0 Å². The van der Waals surface area contributed by atoms with E-state index in [4.69, 9.17) is 5.11 Å². The molecule has 13 heavy (non-hydrogen) atoms. The van der Waals surface area contributed by atoms with E-state index in [9.17, 15) is 5.11 Å². The molecule has 4 heteroatoms. The molecule has 0 saturated heterocycles. The number of nitrogens with zero attached hydrogens (tertiary/aromatic N) is 1. The summed E-state index contributed by atoms with van der Waals surface area (Å²) in [5, 5.41) is 21.0. The zero-order valence-electron chi connectivity index (χ0n) is 7.73. The molecule has 74 valence electrons. The van der Waals surface area contributed by atoms with E-state index in [1.165, 1.54) is 0 Å². The van der Waals surface area contributed by atoms with E-state index in [0.29, 0.717) is 19.3 Å². The molecule has 1 aromatic rings. The summed E-state index contributed by atoms with van der Waals surface area (Å²) in [5.41, 5.74) is 1.01. The molecule has 0 aliphatic rings. The molecule has 0 fully saturated rings.